The fourth-order valence-corrected chi connectivity index (χ4v) is 1.73. The van der Waals surface area contributed by atoms with Gasteiger partial charge in [-0.3, -0.25) is 4.79 Å². The Hall–Kier alpha value is -1.26. The second-order valence-corrected chi connectivity index (χ2v) is 4.22. The monoisotopic (exact) mass is 224 g/mol. The quantitative estimate of drug-likeness (QED) is 0.788. The van der Waals surface area contributed by atoms with Crippen molar-refractivity contribution in [3.63, 3.8) is 0 Å². The van der Waals surface area contributed by atoms with Gasteiger partial charge in [-0.1, -0.05) is 0 Å². The number of carbonyl (C=O) groups excluding carboxylic acids is 1. The lowest BCUT2D eigenvalue weighted by atomic mass is 9.79. The van der Waals surface area contributed by atoms with E-state index in [1.54, 1.807) is 6.92 Å². The van der Waals surface area contributed by atoms with Gasteiger partial charge in [0, 0.05) is 5.56 Å². The minimum atomic E-state index is -0.815. The zero-order valence-corrected chi connectivity index (χ0v) is 9.00. The predicted octanol–water partition coefficient (Wildman–Crippen LogP) is 1.33. The summed E-state index contributed by atoms with van der Waals surface area (Å²) in [5.74, 6) is -0.510. The summed E-state index contributed by atoms with van der Waals surface area (Å²) in [6.45, 7) is 1.84. The maximum Gasteiger partial charge on any atom is 0.175 e. The number of halogens is 1. The molecule has 0 radical (unpaired) electrons. The van der Waals surface area contributed by atoms with Crippen LogP contribution in [-0.2, 0) is 4.74 Å². The number of aliphatic hydroxyl groups excluding tert-OH is 1. The third-order valence-electron chi connectivity index (χ3n) is 2.96. The number of Topliss-reactive ketones (excluding diaryl/α,β-unsaturated/α-hetero) is 1. The summed E-state index contributed by atoms with van der Waals surface area (Å²) in [6, 6.07) is 4.22. The van der Waals surface area contributed by atoms with Gasteiger partial charge < -0.3 is 9.84 Å². The summed E-state index contributed by atoms with van der Waals surface area (Å²) in [4.78, 5) is 12.1. The van der Waals surface area contributed by atoms with Crippen LogP contribution in [0.15, 0.2) is 18.2 Å². The lowest BCUT2D eigenvalue weighted by Crippen LogP contribution is -2.51. The minimum Gasteiger partial charge on any atom is -0.395 e. The second kappa shape index (κ2) is 3.96. The molecule has 16 heavy (non-hydrogen) atoms. The Morgan fingerprint density at radius 1 is 1.56 bits per heavy atom. The van der Waals surface area contributed by atoms with Crippen LogP contribution in [-0.4, -0.2) is 30.7 Å². The number of benzene rings is 1. The van der Waals surface area contributed by atoms with Gasteiger partial charge in [0.25, 0.3) is 0 Å². The Balaban J connectivity index is 2.30. The lowest BCUT2D eigenvalue weighted by molar-refractivity contribution is -0.109. The van der Waals surface area contributed by atoms with Crippen molar-refractivity contribution in [3.8, 4) is 0 Å². The highest BCUT2D eigenvalue weighted by Gasteiger charge is 2.45. The third-order valence-corrected chi connectivity index (χ3v) is 2.96. The Morgan fingerprint density at radius 2 is 2.25 bits per heavy atom. The molecule has 1 aromatic carbocycles. The molecule has 0 aromatic heterocycles. The number of ether oxygens (including phenoxy) is 1. The summed E-state index contributed by atoms with van der Waals surface area (Å²) < 4.78 is 18.0. The summed E-state index contributed by atoms with van der Waals surface area (Å²) in [7, 11) is 0. The molecule has 1 saturated heterocycles. The minimum absolute atomic E-state index is 0.177. The number of hydrogen-bond donors (Lipinski definition) is 1. The topological polar surface area (TPSA) is 46.5 Å². The van der Waals surface area contributed by atoms with Gasteiger partial charge >= 0.3 is 0 Å². The van der Waals surface area contributed by atoms with Crippen LogP contribution in [0.4, 0.5) is 4.39 Å². The standard InChI is InChI=1S/C12H13FO3/c1-8-4-9(2-3-10(8)13)11(15)12(5-14)6-16-7-12/h2-4,14H,5-7H2,1H3. The van der Waals surface area contributed by atoms with Gasteiger partial charge in [0.15, 0.2) is 5.78 Å². The van der Waals surface area contributed by atoms with Crippen molar-refractivity contribution in [3.05, 3.63) is 35.1 Å². The van der Waals surface area contributed by atoms with Crippen LogP contribution in [0.2, 0.25) is 0 Å². The van der Waals surface area contributed by atoms with Gasteiger partial charge in [-0.25, -0.2) is 4.39 Å². The number of aliphatic hydroxyl groups is 1. The first kappa shape index (κ1) is 11.2. The van der Waals surface area contributed by atoms with Crippen LogP contribution >= 0.6 is 0 Å². The molecule has 0 saturated carbocycles. The molecular formula is C12H13FO3. The smallest absolute Gasteiger partial charge is 0.175 e. The number of carbonyl (C=O) groups is 1. The first-order chi connectivity index (χ1) is 7.59. The fraction of sp³-hybridized carbons (Fsp3) is 0.417. The van der Waals surface area contributed by atoms with E-state index in [9.17, 15) is 14.3 Å². The molecule has 1 aliphatic heterocycles. The van der Waals surface area contributed by atoms with Gasteiger partial charge in [-0.05, 0) is 30.7 Å². The van der Waals surface area contributed by atoms with E-state index in [1.165, 1.54) is 18.2 Å². The van der Waals surface area contributed by atoms with Crippen LogP contribution in [0.25, 0.3) is 0 Å². The van der Waals surface area contributed by atoms with Gasteiger partial charge in [0.05, 0.1) is 19.8 Å². The molecule has 0 aliphatic carbocycles. The van der Waals surface area contributed by atoms with E-state index in [1.807, 2.05) is 0 Å². The van der Waals surface area contributed by atoms with E-state index in [-0.39, 0.29) is 31.4 Å². The zero-order valence-electron chi connectivity index (χ0n) is 9.00. The van der Waals surface area contributed by atoms with Gasteiger partial charge in [-0.15, -0.1) is 0 Å². The van der Waals surface area contributed by atoms with Crippen molar-refractivity contribution in [2.45, 2.75) is 6.92 Å². The van der Waals surface area contributed by atoms with Gasteiger partial charge in [0.1, 0.15) is 11.2 Å². The van der Waals surface area contributed by atoms with Gasteiger partial charge in [-0.2, -0.15) is 0 Å². The molecule has 0 unspecified atom stereocenters. The molecule has 0 bridgehead atoms. The first-order valence-electron chi connectivity index (χ1n) is 5.09. The van der Waals surface area contributed by atoms with Gasteiger partial charge in [0.2, 0.25) is 0 Å². The summed E-state index contributed by atoms with van der Waals surface area (Å²) in [6.07, 6.45) is 0. The van der Waals surface area contributed by atoms with E-state index < -0.39 is 5.41 Å². The highest BCUT2D eigenvalue weighted by Crippen LogP contribution is 2.31. The van der Waals surface area contributed by atoms with E-state index in [0.29, 0.717) is 11.1 Å². The molecule has 1 fully saturated rings. The van der Waals surface area contributed by atoms with E-state index in [2.05, 4.69) is 0 Å². The van der Waals surface area contributed by atoms with Crippen LogP contribution in [0, 0.1) is 18.2 Å². The highest BCUT2D eigenvalue weighted by atomic mass is 19.1. The summed E-state index contributed by atoms with van der Waals surface area (Å²) in [5, 5.41) is 9.22. The third kappa shape index (κ3) is 1.64. The molecule has 4 heteroatoms. The average molecular weight is 224 g/mol. The summed E-state index contributed by atoms with van der Waals surface area (Å²) >= 11 is 0. The maximum absolute atomic E-state index is 13.1. The number of ketones is 1. The molecule has 1 heterocycles. The van der Waals surface area contributed by atoms with Crippen LogP contribution < -0.4 is 0 Å². The highest BCUT2D eigenvalue weighted by molar-refractivity contribution is 6.01. The number of hydrogen-bond acceptors (Lipinski definition) is 3. The molecule has 0 atom stereocenters. The van der Waals surface area contributed by atoms with E-state index >= 15 is 0 Å². The average Bonchev–Trinajstić information content (AvgIpc) is 2.21. The molecular weight excluding hydrogens is 211 g/mol. The second-order valence-electron chi connectivity index (χ2n) is 4.22. The normalized spacial score (nSPS) is 17.9. The lowest BCUT2D eigenvalue weighted by Gasteiger charge is -2.38. The molecule has 1 aromatic rings. The molecule has 1 aliphatic rings. The van der Waals surface area contributed by atoms with Crippen molar-refractivity contribution in [2.75, 3.05) is 19.8 Å². The van der Waals surface area contributed by atoms with Crippen molar-refractivity contribution in [2.24, 2.45) is 5.41 Å². The number of rotatable bonds is 3. The van der Waals surface area contributed by atoms with Crippen LogP contribution in [0.1, 0.15) is 15.9 Å². The van der Waals surface area contributed by atoms with Crippen LogP contribution in [0.5, 0.6) is 0 Å². The van der Waals surface area contributed by atoms with Crippen molar-refractivity contribution >= 4 is 5.78 Å². The number of aryl methyl sites for hydroxylation is 1. The van der Waals surface area contributed by atoms with Crippen molar-refractivity contribution in [1.29, 1.82) is 0 Å². The first-order valence-corrected chi connectivity index (χ1v) is 5.09. The zero-order chi connectivity index (χ0) is 11.8. The molecule has 0 amide bonds. The van der Waals surface area contributed by atoms with E-state index in [0.717, 1.165) is 0 Å². The Morgan fingerprint density at radius 3 is 2.69 bits per heavy atom. The summed E-state index contributed by atoms with van der Waals surface area (Å²) in [5.41, 5.74) is 0.0417. The van der Waals surface area contributed by atoms with Crippen molar-refractivity contribution in [1.82, 2.24) is 0 Å². The predicted molar refractivity (Wildman–Crippen MR) is 55.8 cm³/mol. The molecule has 3 nitrogen and oxygen atoms in total. The SMILES string of the molecule is Cc1cc(C(=O)C2(CO)COC2)ccc1F. The van der Waals surface area contributed by atoms with E-state index in [4.69, 9.17) is 4.74 Å². The van der Waals surface area contributed by atoms with Crippen LogP contribution in [0.3, 0.4) is 0 Å². The molecule has 1 N–H and O–H groups in total. The fourth-order valence-electron chi connectivity index (χ4n) is 1.73. The molecule has 2 rings (SSSR count). The largest absolute Gasteiger partial charge is 0.395 e. The Labute approximate surface area is 92.9 Å². The molecule has 86 valence electrons. The van der Waals surface area contributed by atoms with Crippen molar-refractivity contribution < 1.29 is 19.0 Å². The Kier molecular flexibility index (Phi) is 2.78. The molecule has 0 spiro atoms. The Bertz CT molecular complexity index is 419. The maximum atomic E-state index is 13.1.